The van der Waals surface area contributed by atoms with E-state index in [0.29, 0.717) is 17.5 Å². The Morgan fingerprint density at radius 1 is 0.415 bits per heavy atom. The van der Waals surface area contributed by atoms with Crippen molar-refractivity contribution < 1.29 is 0 Å². The first-order valence-corrected chi connectivity index (χ1v) is 18.1. The van der Waals surface area contributed by atoms with E-state index in [1.807, 2.05) is 60.7 Å². The fourth-order valence-corrected chi connectivity index (χ4v) is 8.64. The Bertz CT molecular complexity index is 3000. The van der Waals surface area contributed by atoms with Crippen LogP contribution in [-0.4, -0.2) is 24.1 Å². The Balaban J connectivity index is 1.17. The lowest BCUT2D eigenvalue weighted by Gasteiger charge is -2.34. The number of para-hydroxylation sites is 3. The summed E-state index contributed by atoms with van der Waals surface area (Å²) >= 11 is 0. The molecule has 7 aromatic carbocycles. The first-order valence-electron chi connectivity index (χ1n) is 18.1. The Labute approximate surface area is 306 Å². The summed E-state index contributed by atoms with van der Waals surface area (Å²) in [5, 5.41) is 5.05. The number of hydrogen-bond donors (Lipinski definition) is 0. The standard InChI is InChI=1S/C48H33N5/c1-48(2)37-21-11-14-24-41(37)53-40-23-13-10-20-35(40)42-43-36(29-38(48)44(42)53)34-19-9-12-22-39(34)52(43)33-27-25-32(26-28-33)47-50-45(30-15-5-3-6-16-30)49-46(51-47)31-17-7-4-8-18-31/h3-29H,1-2H3. The van der Waals surface area contributed by atoms with Crippen LogP contribution < -0.4 is 0 Å². The monoisotopic (exact) mass is 679 g/mol. The van der Waals surface area contributed by atoms with Crippen LogP contribution in [0.1, 0.15) is 25.0 Å². The largest absolute Gasteiger partial charge is 0.309 e. The molecule has 53 heavy (non-hydrogen) atoms. The summed E-state index contributed by atoms with van der Waals surface area (Å²) in [6.07, 6.45) is 0. The van der Waals surface area contributed by atoms with Crippen molar-refractivity contribution in [3.8, 4) is 45.5 Å². The predicted molar refractivity (Wildman–Crippen MR) is 217 cm³/mol. The van der Waals surface area contributed by atoms with Gasteiger partial charge in [0.25, 0.3) is 0 Å². The second-order valence-corrected chi connectivity index (χ2v) is 14.5. The molecule has 0 saturated carbocycles. The summed E-state index contributed by atoms with van der Waals surface area (Å²) in [6, 6.07) is 58.0. The summed E-state index contributed by atoms with van der Waals surface area (Å²) in [5.41, 5.74) is 12.6. The van der Waals surface area contributed by atoms with Gasteiger partial charge < -0.3 is 9.13 Å². The molecule has 1 aliphatic heterocycles. The third kappa shape index (κ3) is 4.28. The van der Waals surface area contributed by atoms with Crippen molar-refractivity contribution in [1.82, 2.24) is 24.1 Å². The number of rotatable bonds is 4. The van der Waals surface area contributed by atoms with Crippen LogP contribution in [-0.2, 0) is 5.41 Å². The summed E-state index contributed by atoms with van der Waals surface area (Å²) in [6.45, 7) is 4.75. The van der Waals surface area contributed by atoms with Gasteiger partial charge in [-0.1, -0.05) is 129 Å². The summed E-state index contributed by atoms with van der Waals surface area (Å²) in [4.78, 5) is 14.9. The second kappa shape index (κ2) is 11.1. The molecule has 0 saturated heterocycles. The smallest absolute Gasteiger partial charge is 0.164 e. The van der Waals surface area contributed by atoms with Crippen molar-refractivity contribution in [2.24, 2.45) is 0 Å². The van der Waals surface area contributed by atoms with E-state index in [9.17, 15) is 0 Å². The van der Waals surface area contributed by atoms with E-state index in [2.05, 4.69) is 126 Å². The molecule has 5 heteroatoms. The molecule has 0 radical (unpaired) electrons. The lowest BCUT2D eigenvalue weighted by Crippen LogP contribution is -2.26. The van der Waals surface area contributed by atoms with Gasteiger partial charge in [-0.15, -0.1) is 0 Å². The SMILES string of the molecule is CC1(C)c2ccccc2-n2c3ccccc3c3c2c1cc1c2ccccc2n(-c2ccc(-c4nc(-c5ccccc5)nc(-c5ccccc5)n4)cc2)c13. The average Bonchev–Trinajstić information content (AvgIpc) is 3.74. The quantitative estimate of drug-likeness (QED) is 0.186. The maximum Gasteiger partial charge on any atom is 0.164 e. The molecule has 0 fully saturated rings. The van der Waals surface area contributed by atoms with Gasteiger partial charge in [-0.25, -0.2) is 15.0 Å². The van der Waals surface area contributed by atoms with E-state index in [4.69, 9.17) is 15.0 Å². The van der Waals surface area contributed by atoms with Crippen LogP contribution in [0, 0.1) is 0 Å². The van der Waals surface area contributed by atoms with Gasteiger partial charge in [-0.2, -0.15) is 0 Å². The first kappa shape index (κ1) is 29.8. The van der Waals surface area contributed by atoms with Crippen molar-refractivity contribution in [3.63, 3.8) is 0 Å². The molecule has 0 amide bonds. The molecule has 0 bridgehead atoms. The van der Waals surface area contributed by atoms with E-state index in [-0.39, 0.29) is 5.41 Å². The molecular weight excluding hydrogens is 647 g/mol. The van der Waals surface area contributed by atoms with E-state index in [0.717, 1.165) is 22.4 Å². The molecule has 0 aliphatic carbocycles. The van der Waals surface area contributed by atoms with Crippen molar-refractivity contribution in [2.75, 3.05) is 0 Å². The molecule has 0 unspecified atom stereocenters. The number of benzene rings is 7. The highest BCUT2D eigenvalue weighted by molar-refractivity contribution is 6.27. The summed E-state index contributed by atoms with van der Waals surface area (Å²) in [7, 11) is 0. The molecule has 0 N–H and O–H groups in total. The Kier molecular flexibility index (Phi) is 6.23. The van der Waals surface area contributed by atoms with Crippen LogP contribution in [0.2, 0.25) is 0 Å². The lowest BCUT2D eigenvalue weighted by molar-refractivity contribution is 0.631. The summed E-state index contributed by atoms with van der Waals surface area (Å²) < 4.78 is 4.95. The van der Waals surface area contributed by atoms with Crippen molar-refractivity contribution >= 4 is 43.6 Å². The van der Waals surface area contributed by atoms with E-state index >= 15 is 0 Å². The second-order valence-electron chi connectivity index (χ2n) is 14.5. The van der Waals surface area contributed by atoms with E-state index < -0.39 is 0 Å². The van der Waals surface area contributed by atoms with Crippen LogP contribution >= 0.6 is 0 Å². The number of aromatic nitrogens is 5. The maximum absolute atomic E-state index is 5.00. The highest BCUT2D eigenvalue weighted by Crippen LogP contribution is 2.51. The topological polar surface area (TPSA) is 48.5 Å². The normalized spacial score (nSPS) is 13.2. The average molecular weight is 680 g/mol. The van der Waals surface area contributed by atoms with Gasteiger partial charge in [0.15, 0.2) is 17.5 Å². The molecule has 4 heterocycles. The van der Waals surface area contributed by atoms with E-state index in [1.165, 1.54) is 60.4 Å². The molecule has 0 atom stereocenters. The zero-order valence-electron chi connectivity index (χ0n) is 29.3. The first-order chi connectivity index (χ1) is 26.1. The zero-order chi connectivity index (χ0) is 35.3. The van der Waals surface area contributed by atoms with Crippen LogP contribution in [0.25, 0.3) is 89.2 Å². The van der Waals surface area contributed by atoms with Gasteiger partial charge >= 0.3 is 0 Å². The van der Waals surface area contributed by atoms with Crippen molar-refractivity contribution in [2.45, 2.75) is 19.3 Å². The fraction of sp³-hybridized carbons (Fsp3) is 0.0625. The van der Waals surface area contributed by atoms with Crippen LogP contribution in [0.3, 0.4) is 0 Å². The van der Waals surface area contributed by atoms with E-state index in [1.54, 1.807) is 0 Å². The predicted octanol–water partition coefficient (Wildman–Crippen LogP) is 11.7. The maximum atomic E-state index is 5.00. The van der Waals surface area contributed by atoms with Gasteiger partial charge in [0, 0.05) is 49.3 Å². The number of hydrogen-bond acceptors (Lipinski definition) is 3. The van der Waals surface area contributed by atoms with Crippen molar-refractivity contribution in [1.29, 1.82) is 0 Å². The Morgan fingerprint density at radius 3 is 1.57 bits per heavy atom. The molecule has 5 nitrogen and oxygen atoms in total. The van der Waals surface area contributed by atoms with Gasteiger partial charge in [0.05, 0.1) is 27.8 Å². The molecule has 10 aromatic rings. The van der Waals surface area contributed by atoms with Crippen LogP contribution in [0.15, 0.2) is 164 Å². The molecule has 250 valence electrons. The molecule has 1 aliphatic rings. The van der Waals surface area contributed by atoms with Gasteiger partial charge in [-0.3, -0.25) is 0 Å². The van der Waals surface area contributed by atoms with Crippen LogP contribution in [0.4, 0.5) is 0 Å². The van der Waals surface area contributed by atoms with Gasteiger partial charge in [-0.05, 0) is 59.7 Å². The fourth-order valence-electron chi connectivity index (χ4n) is 8.64. The molecule has 11 rings (SSSR count). The Hall–Kier alpha value is -6.85. The zero-order valence-corrected chi connectivity index (χ0v) is 29.3. The minimum Gasteiger partial charge on any atom is -0.309 e. The highest BCUT2D eigenvalue weighted by Gasteiger charge is 2.36. The third-order valence-corrected chi connectivity index (χ3v) is 11.1. The molecular formula is C48H33N5. The number of nitrogens with zero attached hydrogens (tertiary/aromatic N) is 5. The third-order valence-electron chi connectivity index (χ3n) is 11.1. The van der Waals surface area contributed by atoms with Gasteiger partial charge in [0.1, 0.15) is 0 Å². The van der Waals surface area contributed by atoms with Gasteiger partial charge in [0.2, 0.25) is 0 Å². The summed E-state index contributed by atoms with van der Waals surface area (Å²) in [5.74, 6) is 1.95. The minimum atomic E-state index is -0.181. The van der Waals surface area contributed by atoms with Crippen LogP contribution in [0.5, 0.6) is 0 Å². The highest BCUT2D eigenvalue weighted by atomic mass is 15.0. The molecule has 0 spiro atoms. The minimum absolute atomic E-state index is 0.181. The lowest BCUT2D eigenvalue weighted by atomic mass is 9.74. The Morgan fingerprint density at radius 2 is 0.925 bits per heavy atom. The molecule has 3 aromatic heterocycles. The van der Waals surface area contributed by atoms with Crippen molar-refractivity contribution in [3.05, 3.63) is 175 Å². The number of fused-ring (bicyclic) bond motifs is 9.